The third-order valence-electron chi connectivity index (χ3n) is 3.27. The lowest BCUT2D eigenvalue weighted by atomic mass is 10.1. The van der Waals surface area contributed by atoms with E-state index in [1.54, 1.807) is 4.90 Å². The topological polar surface area (TPSA) is 71.1 Å². The highest BCUT2D eigenvalue weighted by Crippen LogP contribution is 2.24. The maximum atomic E-state index is 12.1. The van der Waals surface area contributed by atoms with Crippen LogP contribution in [0.25, 0.3) is 16.6 Å². The van der Waals surface area contributed by atoms with Gasteiger partial charge in [-0.1, -0.05) is 17.4 Å². The lowest BCUT2D eigenvalue weighted by Gasteiger charge is -2.24. The molecule has 2 aromatic rings. The highest BCUT2D eigenvalue weighted by molar-refractivity contribution is 5.83. The van der Waals surface area contributed by atoms with Crippen molar-refractivity contribution in [2.24, 2.45) is 0 Å². The van der Waals surface area contributed by atoms with E-state index < -0.39 is 5.60 Å². The zero-order chi connectivity index (χ0) is 15.0. The number of rotatable bonds is 1. The number of hydrogen-bond donors (Lipinski definition) is 1. The number of benzene rings is 1. The molecule has 1 aliphatic rings. The molecule has 0 aliphatic carbocycles. The van der Waals surface area contributed by atoms with E-state index in [-0.39, 0.29) is 6.09 Å². The number of aromatic nitrogens is 3. The fourth-order valence-electron chi connectivity index (χ4n) is 2.27. The van der Waals surface area contributed by atoms with Crippen molar-refractivity contribution in [2.75, 3.05) is 13.1 Å². The van der Waals surface area contributed by atoms with Gasteiger partial charge in [0.2, 0.25) is 0 Å². The monoisotopic (exact) mass is 286 g/mol. The van der Waals surface area contributed by atoms with Gasteiger partial charge in [0.05, 0.1) is 5.52 Å². The molecule has 1 N–H and O–H groups in total. The number of nitrogens with one attached hydrogen (secondary N) is 1. The van der Waals surface area contributed by atoms with E-state index in [2.05, 4.69) is 15.4 Å². The molecule has 1 aromatic heterocycles. The van der Waals surface area contributed by atoms with Crippen LogP contribution in [0.5, 0.6) is 0 Å². The van der Waals surface area contributed by atoms with Crippen molar-refractivity contribution in [3.63, 3.8) is 0 Å². The maximum absolute atomic E-state index is 12.1. The highest BCUT2D eigenvalue weighted by atomic mass is 16.6. The lowest BCUT2D eigenvalue weighted by Crippen LogP contribution is -2.35. The SMILES string of the molecule is CC(C)(C)OC(=O)N1CC=C(c2ccc3[nH]nnc3c2)C1. The molecule has 0 unspecified atom stereocenters. The van der Waals surface area contributed by atoms with Crippen LogP contribution in [0, 0.1) is 0 Å². The molecule has 6 nitrogen and oxygen atoms in total. The molecule has 1 aromatic carbocycles. The van der Waals surface area contributed by atoms with E-state index in [9.17, 15) is 4.79 Å². The summed E-state index contributed by atoms with van der Waals surface area (Å²) in [6.45, 7) is 6.73. The van der Waals surface area contributed by atoms with Crippen LogP contribution in [0.4, 0.5) is 4.79 Å². The molecule has 1 aliphatic heterocycles. The van der Waals surface area contributed by atoms with Crippen molar-refractivity contribution < 1.29 is 9.53 Å². The second kappa shape index (κ2) is 4.87. The van der Waals surface area contributed by atoms with Crippen molar-refractivity contribution in [3.05, 3.63) is 29.8 Å². The Morgan fingerprint density at radius 2 is 2.19 bits per heavy atom. The Labute approximate surface area is 122 Å². The van der Waals surface area contributed by atoms with Crippen LogP contribution >= 0.6 is 0 Å². The molecule has 0 radical (unpaired) electrons. The number of amides is 1. The normalized spacial score (nSPS) is 15.4. The van der Waals surface area contributed by atoms with E-state index in [1.807, 2.05) is 45.0 Å². The number of carbonyl (C=O) groups is 1. The molecule has 6 heteroatoms. The first-order valence-electron chi connectivity index (χ1n) is 6.90. The van der Waals surface area contributed by atoms with E-state index in [1.165, 1.54) is 0 Å². The molecule has 3 rings (SSSR count). The zero-order valence-corrected chi connectivity index (χ0v) is 12.4. The van der Waals surface area contributed by atoms with Gasteiger partial charge in [0.25, 0.3) is 0 Å². The van der Waals surface area contributed by atoms with Gasteiger partial charge in [0.1, 0.15) is 11.1 Å². The summed E-state index contributed by atoms with van der Waals surface area (Å²) in [5.74, 6) is 0. The predicted octanol–water partition coefficient (Wildman–Crippen LogP) is 2.59. The Bertz CT molecular complexity index is 712. The van der Waals surface area contributed by atoms with Gasteiger partial charge in [-0.25, -0.2) is 4.79 Å². The number of H-pyrrole nitrogens is 1. The fourth-order valence-corrected chi connectivity index (χ4v) is 2.27. The lowest BCUT2D eigenvalue weighted by molar-refractivity contribution is 0.0306. The quantitative estimate of drug-likeness (QED) is 0.874. The predicted molar refractivity (Wildman–Crippen MR) is 79.7 cm³/mol. The van der Waals surface area contributed by atoms with Crippen molar-refractivity contribution in [1.82, 2.24) is 20.3 Å². The van der Waals surface area contributed by atoms with Gasteiger partial charge in [-0.2, -0.15) is 0 Å². The summed E-state index contributed by atoms with van der Waals surface area (Å²) >= 11 is 0. The zero-order valence-electron chi connectivity index (χ0n) is 12.4. The van der Waals surface area contributed by atoms with Crippen LogP contribution in [0.1, 0.15) is 26.3 Å². The summed E-state index contributed by atoms with van der Waals surface area (Å²) in [4.78, 5) is 13.7. The molecule has 0 saturated heterocycles. The van der Waals surface area contributed by atoms with Gasteiger partial charge in [0.15, 0.2) is 0 Å². The third-order valence-corrected chi connectivity index (χ3v) is 3.27. The van der Waals surface area contributed by atoms with Gasteiger partial charge in [0, 0.05) is 13.1 Å². The summed E-state index contributed by atoms with van der Waals surface area (Å²) in [5, 5.41) is 10.6. The van der Waals surface area contributed by atoms with Crippen molar-refractivity contribution in [1.29, 1.82) is 0 Å². The molecule has 0 atom stereocenters. The van der Waals surface area contributed by atoms with Crippen LogP contribution in [-0.4, -0.2) is 45.1 Å². The van der Waals surface area contributed by atoms with Crippen LogP contribution in [0.2, 0.25) is 0 Å². The van der Waals surface area contributed by atoms with Gasteiger partial charge in [-0.3, -0.25) is 5.10 Å². The number of carbonyl (C=O) groups excluding carboxylic acids is 1. The Kier molecular flexibility index (Phi) is 3.16. The van der Waals surface area contributed by atoms with Crippen molar-refractivity contribution >= 4 is 22.7 Å². The molecule has 0 bridgehead atoms. The van der Waals surface area contributed by atoms with E-state index in [4.69, 9.17) is 4.74 Å². The highest BCUT2D eigenvalue weighted by Gasteiger charge is 2.25. The second-order valence-electron chi connectivity index (χ2n) is 6.13. The summed E-state index contributed by atoms with van der Waals surface area (Å²) in [7, 11) is 0. The number of ether oxygens (including phenoxy) is 1. The number of aromatic amines is 1. The standard InChI is InChI=1S/C15H18N4O2/c1-15(2,3)21-14(20)19-7-6-11(9-19)10-4-5-12-13(8-10)17-18-16-12/h4-6,8H,7,9H2,1-3H3,(H,16,17,18). The maximum Gasteiger partial charge on any atom is 0.410 e. The van der Waals surface area contributed by atoms with Gasteiger partial charge in [-0.05, 0) is 44.0 Å². The largest absolute Gasteiger partial charge is 0.444 e. The van der Waals surface area contributed by atoms with Gasteiger partial charge < -0.3 is 9.64 Å². The summed E-state index contributed by atoms with van der Waals surface area (Å²) in [5.41, 5.74) is 3.41. The molecule has 2 heterocycles. The second-order valence-corrected chi connectivity index (χ2v) is 6.13. The molecule has 0 saturated carbocycles. The third kappa shape index (κ3) is 2.89. The van der Waals surface area contributed by atoms with Gasteiger partial charge in [-0.15, -0.1) is 5.10 Å². The first-order valence-corrected chi connectivity index (χ1v) is 6.90. The van der Waals surface area contributed by atoms with E-state index in [0.717, 1.165) is 22.2 Å². The van der Waals surface area contributed by atoms with Crippen LogP contribution in [0.15, 0.2) is 24.3 Å². The Morgan fingerprint density at radius 1 is 1.38 bits per heavy atom. The average Bonchev–Trinajstić information content (AvgIpc) is 3.05. The first kappa shape index (κ1) is 13.6. The summed E-state index contributed by atoms with van der Waals surface area (Å²) in [6, 6.07) is 5.93. The molecular weight excluding hydrogens is 268 g/mol. The molecule has 0 spiro atoms. The Balaban J connectivity index is 1.72. The number of nitrogens with zero attached hydrogens (tertiary/aromatic N) is 3. The molecule has 1 amide bonds. The minimum absolute atomic E-state index is 0.281. The first-order chi connectivity index (χ1) is 9.92. The van der Waals surface area contributed by atoms with E-state index >= 15 is 0 Å². The summed E-state index contributed by atoms with van der Waals surface area (Å²) < 4.78 is 5.39. The Morgan fingerprint density at radius 3 is 2.95 bits per heavy atom. The van der Waals surface area contributed by atoms with Crippen molar-refractivity contribution in [3.8, 4) is 0 Å². The molecule has 110 valence electrons. The minimum Gasteiger partial charge on any atom is -0.444 e. The number of fused-ring (bicyclic) bond motifs is 1. The van der Waals surface area contributed by atoms with Crippen molar-refractivity contribution in [2.45, 2.75) is 26.4 Å². The smallest absolute Gasteiger partial charge is 0.410 e. The van der Waals surface area contributed by atoms with E-state index in [0.29, 0.717) is 13.1 Å². The minimum atomic E-state index is -0.473. The van der Waals surface area contributed by atoms with Crippen LogP contribution in [0.3, 0.4) is 0 Å². The summed E-state index contributed by atoms with van der Waals surface area (Å²) in [6.07, 6.45) is 1.77. The van der Waals surface area contributed by atoms with Crippen LogP contribution in [-0.2, 0) is 4.74 Å². The Hall–Kier alpha value is -2.37. The fraction of sp³-hybridized carbons (Fsp3) is 0.400. The van der Waals surface area contributed by atoms with Crippen LogP contribution < -0.4 is 0 Å². The molecule has 21 heavy (non-hydrogen) atoms. The average molecular weight is 286 g/mol. The number of hydrogen-bond acceptors (Lipinski definition) is 4. The van der Waals surface area contributed by atoms with Gasteiger partial charge >= 0.3 is 6.09 Å². The molecular formula is C15H18N4O2. The molecule has 0 fully saturated rings.